The average Bonchev–Trinajstić information content (AvgIpc) is 3.03. The van der Waals surface area contributed by atoms with Crippen LogP contribution in [0.25, 0.3) is 10.8 Å². The molecule has 19 nitrogen and oxygen atoms in total. The number of nitrogens with zero attached hydrogens (tertiary/aromatic N) is 7. The van der Waals surface area contributed by atoms with Crippen LogP contribution in [0.3, 0.4) is 0 Å². The molecule has 4 aromatic carbocycles. The molecule has 0 bridgehead atoms. The highest BCUT2D eigenvalue weighted by Crippen LogP contribution is 2.42. The maximum atomic E-state index is 12.7. The van der Waals surface area contributed by atoms with Crippen LogP contribution in [-0.2, 0) is 28.8 Å². The highest BCUT2D eigenvalue weighted by Gasteiger charge is 2.24. The Morgan fingerprint density at radius 2 is 1.20 bits per heavy atom. The molecule has 0 unspecified atom stereocenters. The lowest BCUT2D eigenvalue weighted by atomic mass is 10.1. The van der Waals surface area contributed by atoms with Crippen LogP contribution in [0, 0.1) is 0 Å². The predicted octanol–water partition coefficient (Wildman–Crippen LogP) is 3.63. The van der Waals surface area contributed by atoms with E-state index in [0.717, 1.165) is 0 Å². The van der Waals surface area contributed by atoms with E-state index in [9.17, 15) is 21.9 Å². The Kier molecular flexibility index (Phi) is 8.77. The summed E-state index contributed by atoms with van der Waals surface area (Å²) in [5, 5.41) is 30.5. The van der Waals surface area contributed by atoms with E-state index in [1.807, 2.05) is 0 Å². The van der Waals surface area contributed by atoms with Crippen molar-refractivity contribution in [1.29, 1.82) is 0 Å². The van der Waals surface area contributed by atoms with Crippen molar-refractivity contribution in [2.24, 2.45) is 32.3 Å². The minimum absolute atomic E-state index is 0.0368. The number of phenols is 1. The number of azo groups is 2. The molecule has 0 aliphatic rings. The Hall–Kier alpha value is -5.71. The lowest BCUT2D eigenvalue weighted by Gasteiger charge is -2.12. The summed E-state index contributed by atoms with van der Waals surface area (Å²) in [6, 6.07) is 17.2. The molecule has 1 heterocycles. The molecule has 10 N–H and O–H groups in total. The van der Waals surface area contributed by atoms with Crippen molar-refractivity contribution in [2.75, 3.05) is 16.8 Å². The molecule has 21 heteroatoms. The van der Waals surface area contributed by atoms with Crippen molar-refractivity contribution in [3.63, 3.8) is 0 Å². The van der Waals surface area contributed by atoms with Gasteiger partial charge in [0, 0.05) is 11.1 Å². The molecule has 46 heavy (non-hydrogen) atoms. The van der Waals surface area contributed by atoms with Crippen LogP contribution < -0.4 is 28.6 Å². The second kappa shape index (κ2) is 12.7. The number of hydrogen-bond acceptors (Lipinski definition) is 19. The summed E-state index contributed by atoms with van der Waals surface area (Å²) in [7, 11) is -8.62. The lowest BCUT2D eigenvalue weighted by Crippen LogP contribution is -2.11. The highest BCUT2D eigenvalue weighted by molar-refractivity contribution is 7.87. The number of benzene rings is 4. The van der Waals surface area contributed by atoms with Gasteiger partial charge in [-0.1, -0.05) is 0 Å². The Labute approximate surface area is 259 Å². The van der Waals surface area contributed by atoms with Gasteiger partial charge < -0.3 is 21.9 Å². The normalized spacial score (nSPS) is 12.3. The van der Waals surface area contributed by atoms with E-state index < -0.39 is 36.6 Å². The second-order valence-electron chi connectivity index (χ2n) is 9.02. The van der Waals surface area contributed by atoms with Gasteiger partial charge in [-0.3, -0.25) is 0 Å². The molecule has 0 aliphatic carbocycles. The fourth-order valence-electron chi connectivity index (χ4n) is 3.91. The summed E-state index contributed by atoms with van der Waals surface area (Å²) in [5.41, 5.74) is 12.2. The van der Waals surface area contributed by atoms with Crippen LogP contribution >= 0.6 is 0 Å². The Morgan fingerprint density at radius 1 is 0.674 bits per heavy atom. The van der Waals surface area contributed by atoms with Gasteiger partial charge in [-0.05, 0) is 78.2 Å². The standard InChI is InChI=1S/C25H22N12O7S2/c26-23-31-24(27)33-25(32-23)30-17-7-10-19-13(11-17)12-20(46(41,42)44-29)21(22(19)38)37-36-15-3-1-14(2-4-15)34-35-16-5-8-18(9-6-16)45(39,40)43-28/h1-12,38H,28-29H2,(H5,26,27,30,31,32,33). The van der Waals surface area contributed by atoms with Crippen LogP contribution in [0.1, 0.15) is 0 Å². The number of anilines is 4. The summed E-state index contributed by atoms with van der Waals surface area (Å²) >= 11 is 0. The Balaban J connectivity index is 1.41. The van der Waals surface area contributed by atoms with Crippen molar-refractivity contribution in [3.8, 4) is 5.75 Å². The van der Waals surface area contributed by atoms with Crippen LogP contribution in [0.5, 0.6) is 5.75 Å². The van der Waals surface area contributed by atoms with Crippen LogP contribution in [0.4, 0.5) is 46.3 Å². The first-order valence-corrected chi connectivity index (χ1v) is 15.3. The zero-order valence-electron chi connectivity index (χ0n) is 23.1. The maximum absolute atomic E-state index is 12.7. The quantitative estimate of drug-likeness (QED) is 0.0915. The summed E-state index contributed by atoms with van der Waals surface area (Å²) in [6.07, 6.45) is 0. The van der Waals surface area contributed by atoms with Gasteiger partial charge in [0.15, 0.2) is 5.75 Å². The molecular formula is C25H22N12O7S2. The molecule has 0 radical (unpaired) electrons. The first-order valence-electron chi connectivity index (χ1n) is 12.5. The molecule has 0 saturated heterocycles. The first-order chi connectivity index (χ1) is 21.9. The number of hydrogen-bond donors (Lipinski definition) is 6. The van der Waals surface area contributed by atoms with E-state index in [2.05, 4.69) is 49.3 Å². The molecule has 0 amide bonds. The van der Waals surface area contributed by atoms with Gasteiger partial charge in [-0.25, -0.2) is 0 Å². The summed E-state index contributed by atoms with van der Waals surface area (Å²) in [4.78, 5) is 10.8. The van der Waals surface area contributed by atoms with Crippen molar-refractivity contribution >= 4 is 77.3 Å². The number of aromatic nitrogens is 3. The number of aromatic hydroxyl groups is 1. The summed E-state index contributed by atoms with van der Waals surface area (Å²) < 4.78 is 56.8. The predicted molar refractivity (Wildman–Crippen MR) is 164 cm³/mol. The number of nitrogen functional groups attached to an aromatic ring is 2. The van der Waals surface area contributed by atoms with E-state index >= 15 is 0 Å². The monoisotopic (exact) mass is 666 g/mol. The van der Waals surface area contributed by atoms with E-state index in [1.165, 1.54) is 54.6 Å². The number of fused-ring (bicyclic) bond motifs is 1. The number of nitrogens with two attached hydrogens (primary N) is 4. The van der Waals surface area contributed by atoms with Gasteiger partial charge in [0.2, 0.25) is 17.8 Å². The van der Waals surface area contributed by atoms with E-state index in [0.29, 0.717) is 17.1 Å². The van der Waals surface area contributed by atoms with Crippen LogP contribution in [0.2, 0.25) is 0 Å². The fraction of sp³-hybridized carbons (Fsp3) is 0. The fourth-order valence-corrected chi connectivity index (χ4v) is 5.24. The first kappa shape index (κ1) is 31.7. The van der Waals surface area contributed by atoms with Gasteiger partial charge in [0.05, 0.1) is 22.0 Å². The molecule has 236 valence electrons. The van der Waals surface area contributed by atoms with Crippen molar-refractivity contribution in [2.45, 2.75) is 9.79 Å². The van der Waals surface area contributed by atoms with Crippen LogP contribution in [0.15, 0.2) is 103 Å². The lowest BCUT2D eigenvalue weighted by molar-refractivity contribution is 0.332. The van der Waals surface area contributed by atoms with Crippen LogP contribution in [-0.4, -0.2) is 36.9 Å². The largest absolute Gasteiger partial charge is 0.505 e. The van der Waals surface area contributed by atoms with Crippen molar-refractivity contribution < 1.29 is 30.5 Å². The van der Waals surface area contributed by atoms with Gasteiger partial charge in [-0.2, -0.15) is 67.5 Å². The number of nitrogens with one attached hydrogen (secondary N) is 1. The smallest absolute Gasteiger partial charge is 0.315 e. The molecule has 0 saturated carbocycles. The number of phenolic OH excluding ortho intramolecular Hbond substituents is 1. The molecule has 5 aromatic rings. The van der Waals surface area contributed by atoms with E-state index in [4.69, 9.17) is 23.3 Å². The molecule has 1 aromatic heterocycles. The zero-order chi connectivity index (χ0) is 33.1. The Morgan fingerprint density at radius 3 is 1.74 bits per heavy atom. The van der Waals surface area contributed by atoms with Gasteiger partial charge in [0.25, 0.3) is 0 Å². The maximum Gasteiger partial charge on any atom is 0.315 e. The molecule has 0 spiro atoms. The second-order valence-corrected chi connectivity index (χ2v) is 12.1. The molecule has 0 atom stereocenters. The SMILES string of the molecule is NOS(=O)(=O)c1ccc(N=Nc2ccc(N=Nc3c(S(=O)(=O)ON)cc4cc(Nc5nc(N)nc(N)n5)ccc4c3O)cc2)cc1. The molecule has 0 fully saturated rings. The van der Waals surface area contributed by atoms with E-state index in [-0.39, 0.29) is 39.2 Å². The summed E-state index contributed by atoms with van der Waals surface area (Å²) in [5.74, 6) is 9.09. The van der Waals surface area contributed by atoms with Gasteiger partial charge in [0.1, 0.15) is 10.6 Å². The minimum Gasteiger partial charge on any atom is -0.505 e. The van der Waals surface area contributed by atoms with E-state index in [1.54, 1.807) is 18.2 Å². The Bertz CT molecular complexity index is 2190. The third-order valence-electron chi connectivity index (χ3n) is 6.02. The van der Waals surface area contributed by atoms with Crippen molar-refractivity contribution in [1.82, 2.24) is 15.0 Å². The minimum atomic E-state index is -4.58. The molecule has 0 aliphatic heterocycles. The third kappa shape index (κ3) is 6.99. The average molecular weight is 667 g/mol. The zero-order valence-corrected chi connectivity index (χ0v) is 24.7. The van der Waals surface area contributed by atoms with Gasteiger partial charge >= 0.3 is 20.2 Å². The summed E-state index contributed by atoms with van der Waals surface area (Å²) in [6.45, 7) is 0. The molecule has 5 rings (SSSR count). The molecular weight excluding hydrogens is 644 g/mol. The van der Waals surface area contributed by atoms with Crippen molar-refractivity contribution in [3.05, 3.63) is 72.8 Å². The highest BCUT2D eigenvalue weighted by atomic mass is 32.2. The number of rotatable bonds is 10. The topological polar surface area (TPSA) is 311 Å². The van der Waals surface area contributed by atoms with Gasteiger partial charge in [-0.15, -0.1) is 5.11 Å². The third-order valence-corrected chi connectivity index (χ3v) is 8.23.